The van der Waals surface area contributed by atoms with Crippen molar-refractivity contribution in [3.63, 3.8) is 0 Å². The quantitative estimate of drug-likeness (QED) is 0.449. The maximum atomic E-state index is 15.1. The number of nitrogens with one attached hydrogen (secondary N) is 3. The van der Waals surface area contributed by atoms with Crippen molar-refractivity contribution in [2.75, 3.05) is 12.8 Å². The number of fused-ring (bicyclic) bond motifs is 4. The molecule has 0 radical (unpaired) electrons. The highest BCUT2D eigenvalue weighted by atomic mass is 35.5. The molecule has 3 aliphatic heterocycles. The fourth-order valence-corrected chi connectivity index (χ4v) is 6.71. The average molecular weight is 601 g/mol. The third kappa shape index (κ3) is 5.32. The van der Waals surface area contributed by atoms with Gasteiger partial charge in [0.05, 0.1) is 22.5 Å². The maximum absolute atomic E-state index is 15.1. The van der Waals surface area contributed by atoms with Gasteiger partial charge in [-0.25, -0.2) is 17.2 Å². The fraction of sp³-hybridized carbons (Fsp3) is 0.500. The van der Waals surface area contributed by atoms with E-state index in [9.17, 15) is 27.2 Å². The molecule has 4 fully saturated rings. The van der Waals surface area contributed by atoms with E-state index in [4.69, 9.17) is 11.6 Å². The summed E-state index contributed by atoms with van der Waals surface area (Å²) in [5.74, 6) is -7.37. The number of carbonyl (C=O) groups excluding carboxylic acids is 3. The van der Waals surface area contributed by atoms with Gasteiger partial charge < -0.3 is 20.5 Å². The predicted molar refractivity (Wildman–Crippen MR) is 141 cm³/mol. The van der Waals surface area contributed by atoms with Gasteiger partial charge in [-0.1, -0.05) is 23.7 Å². The van der Waals surface area contributed by atoms with Crippen LogP contribution < -0.4 is 10.6 Å². The van der Waals surface area contributed by atoms with Gasteiger partial charge in [-0.3, -0.25) is 14.4 Å². The van der Waals surface area contributed by atoms with Crippen LogP contribution in [0.2, 0.25) is 5.02 Å². The monoisotopic (exact) mass is 600 g/mol. The zero-order valence-corrected chi connectivity index (χ0v) is 23.0. The van der Waals surface area contributed by atoms with Crippen molar-refractivity contribution in [1.82, 2.24) is 20.5 Å². The summed E-state index contributed by atoms with van der Waals surface area (Å²) >= 11 is 6.22. The summed E-state index contributed by atoms with van der Waals surface area (Å²) < 4.78 is 68.2. The number of nitrogens with zero attached hydrogens (tertiary/aromatic N) is 1. The number of H-pyrrole nitrogens is 1. The van der Waals surface area contributed by atoms with Gasteiger partial charge in [-0.15, -0.1) is 0 Å². The van der Waals surface area contributed by atoms with Gasteiger partial charge in [0.25, 0.3) is 11.8 Å². The molecule has 9 nitrogen and oxygen atoms in total. The summed E-state index contributed by atoms with van der Waals surface area (Å²) in [6, 6.07) is 2.74. The Kier molecular flexibility index (Phi) is 7.40. The summed E-state index contributed by atoms with van der Waals surface area (Å²) in [5.41, 5.74) is 0.552. The number of halogens is 4. The topological polar surface area (TPSA) is 128 Å². The lowest BCUT2D eigenvalue weighted by molar-refractivity contribution is -0.179. The van der Waals surface area contributed by atoms with E-state index in [0.717, 1.165) is 4.90 Å². The van der Waals surface area contributed by atoms with Gasteiger partial charge in [0.15, 0.2) is 0 Å². The Morgan fingerprint density at radius 3 is 2.65 bits per heavy atom. The van der Waals surface area contributed by atoms with Crippen molar-refractivity contribution in [3.05, 3.63) is 46.2 Å². The highest BCUT2D eigenvalue weighted by Crippen LogP contribution is 2.49. The minimum absolute atomic E-state index is 0.0126. The Morgan fingerprint density at radius 1 is 1.27 bits per heavy atom. The molecule has 3 amide bonds. The van der Waals surface area contributed by atoms with Gasteiger partial charge >= 0.3 is 0 Å². The molecule has 2 bridgehead atoms. The molecule has 1 aliphatic carbocycles. The predicted octanol–water partition coefficient (Wildman–Crippen LogP) is 3.32. The van der Waals surface area contributed by atoms with E-state index in [-0.39, 0.29) is 30.9 Å². The molecule has 1 aromatic heterocycles. The Balaban J connectivity index is 1.48. The Labute approximate surface area is 233 Å². The first kappa shape index (κ1) is 28.5. The molecule has 4 aliphatic rings. The van der Waals surface area contributed by atoms with Crippen LogP contribution in [0.1, 0.15) is 42.6 Å². The van der Waals surface area contributed by atoms with Gasteiger partial charge in [-0.05, 0) is 43.9 Å². The Bertz CT molecular complexity index is 1510. The molecule has 14 heteroatoms. The summed E-state index contributed by atoms with van der Waals surface area (Å²) in [4.78, 5) is 43.6. The number of hydrogen-bond acceptors (Lipinski definition) is 5. The molecule has 5 atom stereocenters. The molecule has 4 heterocycles. The molecule has 1 aromatic carbocycles. The number of hydrogen-bond donors (Lipinski definition) is 3. The van der Waals surface area contributed by atoms with Gasteiger partial charge in [0.1, 0.15) is 11.7 Å². The van der Waals surface area contributed by atoms with Crippen molar-refractivity contribution >= 4 is 50.1 Å². The number of aromatic amines is 1. The van der Waals surface area contributed by atoms with Crippen molar-refractivity contribution in [3.8, 4) is 0 Å². The van der Waals surface area contributed by atoms with Crippen molar-refractivity contribution in [2.45, 2.75) is 56.2 Å². The molecule has 0 spiro atoms. The lowest BCUT2D eigenvalue weighted by Gasteiger charge is -2.53. The third-order valence-corrected chi connectivity index (χ3v) is 9.15. The first-order valence-electron chi connectivity index (χ1n) is 12.9. The number of alkyl halides is 2. The van der Waals surface area contributed by atoms with Gasteiger partial charge in [0.2, 0.25) is 26.8 Å². The number of aromatic nitrogens is 1. The zero-order chi connectivity index (χ0) is 29.0. The molecular formula is C26H28ClF3N4O5S. The van der Waals surface area contributed by atoms with Crippen LogP contribution in [0.4, 0.5) is 13.2 Å². The van der Waals surface area contributed by atoms with Crippen molar-refractivity contribution in [2.24, 2.45) is 11.8 Å². The van der Waals surface area contributed by atoms with Crippen LogP contribution in [-0.2, 0) is 19.4 Å². The van der Waals surface area contributed by atoms with E-state index in [0.29, 0.717) is 41.2 Å². The number of benzene rings is 1. The molecule has 6 rings (SSSR count). The maximum Gasteiger partial charge on any atom is 0.271 e. The largest absolute Gasteiger partial charge is 0.356 e. The number of amides is 3. The molecule has 1 saturated carbocycles. The number of piperidine rings is 2. The fourth-order valence-electron chi connectivity index (χ4n) is 6.07. The van der Waals surface area contributed by atoms with Crippen LogP contribution in [0.15, 0.2) is 35.5 Å². The van der Waals surface area contributed by atoms with Gasteiger partial charge in [-0.2, -0.15) is 4.39 Å². The molecule has 3 N–H and O–H groups in total. The number of sulfone groups is 1. The van der Waals surface area contributed by atoms with Crippen molar-refractivity contribution < 1.29 is 36.0 Å². The second kappa shape index (κ2) is 10.4. The summed E-state index contributed by atoms with van der Waals surface area (Å²) in [7, 11) is -4.27. The van der Waals surface area contributed by atoms with E-state index in [1.165, 1.54) is 6.07 Å². The Morgan fingerprint density at radius 2 is 2.02 bits per heavy atom. The lowest BCUT2D eigenvalue weighted by Crippen LogP contribution is -2.68. The highest BCUT2D eigenvalue weighted by Gasteiger charge is 2.60. The van der Waals surface area contributed by atoms with Crippen LogP contribution >= 0.6 is 11.6 Å². The molecular weight excluding hydrogens is 573 g/mol. The SMILES string of the molecule is CS(=O)(=O)/C(F)=C/[C@H](C[C@@H]1CCNC1=O)NC(=O)[C@@H]1[C@H]2CC[C@H](CC2(F)F)N1C(=O)c1cc2cccc(Cl)c2[nH]1. The summed E-state index contributed by atoms with van der Waals surface area (Å²) in [5, 5.41) is 4.55. The van der Waals surface area contributed by atoms with E-state index < -0.39 is 69.1 Å². The van der Waals surface area contributed by atoms with E-state index in [2.05, 4.69) is 15.6 Å². The van der Waals surface area contributed by atoms with Crippen LogP contribution in [0, 0.1) is 11.8 Å². The van der Waals surface area contributed by atoms with Crippen molar-refractivity contribution in [1.29, 1.82) is 0 Å². The van der Waals surface area contributed by atoms with E-state index >= 15 is 8.78 Å². The zero-order valence-electron chi connectivity index (χ0n) is 21.4. The molecule has 216 valence electrons. The first-order chi connectivity index (χ1) is 18.8. The minimum atomic E-state index is -4.27. The summed E-state index contributed by atoms with van der Waals surface area (Å²) in [6.07, 6.45) is 1.19. The van der Waals surface area contributed by atoms with Crippen LogP contribution in [0.5, 0.6) is 0 Å². The highest BCUT2D eigenvalue weighted by molar-refractivity contribution is 7.94. The lowest BCUT2D eigenvalue weighted by atomic mass is 9.71. The minimum Gasteiger partial charge on any atom is -0.356 e. The second-order valence-electron chi connectivity index (χ2n) is 10.7. The van der Waals surface area contributed by atoms with Crippen LogP contribution in [0.25, 0.3) is 10.9 Å². The summed E-state index contributed by atoms with van der Waals surface area (Å²) in [6.45, 7) is 0.359. The van der Waals surface area contributed by atoms with E-state index in [1.54, 1.807) is 18.2 Å². The number of rotatable bonds is 7. The third-order valence-electron chi connectivity index (χ3n) is 7.99. The standard InChI is InChI=1S/C26H28ClF3N4O5S/c1-40(38,39)20(28)11-15(9-14-7-8-31-23(14)35)32-24(36)22-17-6-5-16(12-26(17,29)30)34(22)25(37)19-10-13-3-2-4-18(27)21(13)33-19/h2-4,10-11,14-17,22,33H,5-9,12H2,1H3,(H,31,35)(H,32,36)/b20-11+/t14-,15-,16+,17+,22-/m0/s1. The molecule has 2 aromatic rings. The smallest absolute Gasteiger partial charge is 0.271 e. The Hall–Kier alpha value is -3.06. The van der Waals surface area contributed by atoms with E-state index in [1.807, 2.05) is 0 Å². The van der Waals surface area contributed by atoms with Gasteiger partial charge in [0, 0.05) is 36.6 Å². The molecule has 40 heavy (non-hydrogen) atoms. The second-order valence-corrected chi connectivity index (χ2v) is 13.1. The number of para-hydroxylation sites is 1. The first-order valence-corrected chi connectivity index (χ1v) is 15.2. The number of carbonyl (C=O) groups is 3. The molecule has 3 saturated heterocycles. The molecule has 0 unspecified atom stereocenters. The van der Waals surface area contributed by atoms with Crippen LogP contribution in [-0.4, -0.2) is 72.9 Å². The average Bonchev–Trinajstić information content (AvgIpc) is 3.49. The van der Waals surface area contributed by atoms with Crippen LogP contribution in [0.3, 0.4) is 0 Å². The normalized spacial score (nSPS) is 27.1.